The summed E-state index contributed by atoms with van der Waals surface area (Å²) in [6.07, 6.45) is 0. The maximum atomic E-state index is 14.0. The molecule has 3 N–H and O–H groups in total. The van der Waals surface area contributed by atoms with Crippen LogP contribution in [0.5, 0.6) is 0 Å². The zero-order valence-electron chi connectivity index (χ0n) is 10.0. The van der Waals surface area contributed by atoms with Gasteiger partial charge in [-0.1, -0.05) is 34.1 Å². The van der Waals surface area contributed by atoms with Gasteiger partial charge in [0.05, 0.1) is 6.04 Å². The van der Waals surface area contributed by atoms with Crippen LogP contribution in [0.2, 0.25) is 0 Å². The molecule has 0 bridgehead atoms. The van der Waals surface area contributed by atoms with Crippen LogP contribution in [0.1, 0.15) is 11.6 Å². The minimum Gasteiger partial charge on any atom is -0.376 e. The van der Waals surface area contributed by atoms with Crippen molar-refractivity contribution in [3.8, 4) is 0 Å². The van der Waals surface area contributed by atoms with Gasteiger partial charge in [-0.15, -0.1) is 0 Å². The molecule has 19 heavy (non-hydrogen) atoms. The number of nitrogens with two attached hydrogens (primary N) is 1. The molecule has 0 saturated carbocycles. The lowest BCUT2D eigenvalue weighted by molar-refractivity contribution is 0.592. The number of hydrogen-bond donors (Lipinski definition) is 2. The third-order valence-corrected chi connectivity index (χ3v) is 3.96. The molecule has 100 valence electrons. The minimum absolute atomic E-state index is 0.271. The molecule has 0 heterocycles. The number of hydrogen-bond acceptors (Lipinski definition) is 2. The average Bonchev–Trinajstić information content (AvgIpc) is 2.39. The molecule has 1 unspecified atom stereocenters. The van der Waals surface area contributed by atoms with Crippen molar-refractivity contribution in [2.75, 3.05) is 11.9 Å². The highest BCUT2D eigenvalue weighted by atomic mass is 79.9. The van der Waals surface area contributed by atoms with Crippen molar-refractivity contribution in [2.24, 2.45) is 5.73 Å². The van der Waals surface area contributed by atoms with Crippen LogP contribution in [0.3, 0.4) is 0 Å². The molecule has 0 amide bonds. The van der Waals surface area contributed by atoms with E-state index in [9.17, 15) is 4.39 Å². The number of anilines is 1. The number of rotatable bonds is 4. The average molecular weight is 388 g/mol. The smallest absolute Gasteiger partial charge is 0.129 e. The second kappa shape index (κ2) is 6.50. The van der Waals surface area contributed by atoms with Crippen molar-refractivity contribution in [1.29, 1.82) is 0 Å². The molecule has 0 fully saturated rings. The van der Waals surface area contributed by atoms with Gasteiger partial charge in [0, 0.05) is 26.7 Å². The van der Waals surface area contributed by atoms with Gasteiger partial charge in [0.25, 0.3) is 0 Å². The van der Waals surface area contributed by atoms with Crippen molar-refractivity contribution in [3.63, 3.8) is 0 Å². The van der Waals surface area contributed by atoms with Crippen LogP contribution < -0.4 is 11.1 Å². The molecule has 2 rings (SSSR count). The quantitative estimate of drug-likeness (QED) is 0.812. The topological polar surface area (TPSA) is 38.0 Å². The fourth-order valence-corrected chi connectivity index (χ4v) is 2.55. The highest BCUT2D eigenvalue weighted by Gasteiger charge is 2.15. The van der Waals surface area contributed by atoms with Crippen molar-refractivity contribution in [2.45, 2.75) is 6.04 Å². The molecule has 0 spiro atoms. The van der Waals surface area contributed by atoms with E-state index in [1.54, 1.807) is 6.07 Å². The largest absolute Gasteiger partial charge is 0.376 e. The van der Waals surface area contributed by atoms with Crippen LogP contribution in [0.15, 0.2) is 51.4 Å². The minimum atomic E-state index is -0.274. The Hall–Kier alpha value is -0.910. The maximum absolute atomic E-state index is 14.0. The Bertz CT molecular complexity index is 575. The van der Waals surface area contributed by atoms with E-state index >= 15 is 0 Å². The summed E-state index contributed by atoms with van der Waals surface area (Å²) in [4.78, 5) is 0. The number of nitrogens with one attached hydrogen (secondary N) is 1. The Morgan fingerprint density at radius 2 is 1.89 bits per heavy atom. The van der Waals surface area contributed by atoms with E-state index in [-0.39, 0.29) is 11.9 Å². The normalized spacial score (nSPS) is 12.2. The highest BCUT2D eigenvalue weighted by Crippen LogP contribution is 2.28. The predicted molar refractivity (Wildman–Crippen MR) is 83.7 cm³/mol. The van der Waals surface area contributed by atoms with Crippen molar-refractivity contribution in [1.82, 2.24) is 0 Å². The van der Waals surface area contributed by atoms with E-state index in [0.717, 1.165) is 10.2 Å². The molecule has 1 atom stereocenters. The summed E-state index contributed by atoms with van der Waals surface area (Å²) in [7, 11) is 0. The first-order chi connectivity index (χ1) is 9.11. The second-order valence-corrected chi connectivity index (χ2v) is 5.85. The second-order valence-electron chi connectivity index (χ2n) is 4.08. The van der Waals surface area contributed by atoms with Crippen molar-refractivity contribution in [3.05, 3.63) is 62.8 Å². The summed E-state index contributed by atoms with van der Waals surface area (Å²) in [6.45, 7) is 0.305. The Labute approximate surface area is 128 Å². The van der Waals surface area contributed by atoms with Gasteiger partial charge in [-0.05, 0) is 40.2 Å². The molecule has 5 heteroatoms. The van der Waals surface area contributed by atoms with Gasteiger partial charge in [-0.2, -0.15) is 0 Å². The molecule has 2 aromatic carbocycles. The summed E-state index contributed by atoms with van der Waals surface area (Å²) in [5.74, 6) is -0.274. The molecule has 2 nitrogen and oxygen atoms in total. The third kappa shape index (κ3) is 3.55. The van der Waals surface area contributed by atoms with E-state index in [0.29, 0.717) is 16.6 Å². The molecule has 0 aliphatic heterocycles. The van der Waals surface area contributed by atoms with Crippen LogP contribution in [0.4, 0.5) is 10.1 Å². The Balaban J connectivity index is 2.28. The zero-order chi connectivity index (χ0) is 13.8. The predicted octanol–water partition coefficient (Wildman–Crippen LogP) is 4.46. The van der Waals surface area contributed by atoms with Gasteiger partial charge >= 0.3 is 0 Å². The molecule has 2 aromatic rings. The SMILES string of the molecule is NCC(Nc1ccccc1Br)c1ccc(Br)cc1F. The van der Waals surface area contributed by atoms with Crippen LogP contribution in [0.25, 0.3) is 0 Å². The summed E-state index contributed by atoms with van der Waals surface area (Å²) < 4.78 is 15.6. The summed E-state index contributed by atoms with van der Waals surface area (Å²) >= 11 is 6.70. The lowest BCUT2D eigenvalue weighted by Gasteiger charge is -2.20. The third-order valence-electron chi connectivity index (χ3n) is 2.78. The van der Waals surface area contributed by atoms with Crippen LogP contribution in [-0.4, -0.2) is 6.54 Å². The lowest BCUT2D eigenvalue weighted by atomic mass is 10.1. The number of halogens is 3. The van der Waals surface area contributed by atoms with Crippen molar-refractivity contribution >= 4 is 37.5 Å². The zero-order valence-corrected chi connectivity index (χ0v) is 13.2. The first-order valence-electron chi connectivity index (χ1n) is 5.78. The Kier molecular flexibility index (Phi) is 4.96. The van der Waals surface area contributed by atoms with Crippen LogP contribution in [-0.2, 0) is 0 Å². The molecule has 0 aliphatic carbocycles. The highest BCUT2D eigenvalue weighted by molar-refractivity contribution is 9.10. The van der Waals surface area contributed by atoms with Gasteiger partial charge in [0.2, 0.25) is 0 Å². The number of benzene rings is 2. The van der Waals surface area contributed by atoms with E-state index in [2.05, 4.69) is 37.2 Å². The summed E-state index contributed by atoms with van der Waals surface area (Å²) in [5, 5.41) is 3.25. The monoisotopic (exact) mass is 386 g/mol. The molecular formula is C14H13Br2FN2. The Morgan fingerprint density at radius 3 is 2.53 bits per heavy atom. The van der Waals surface area contributed by atoms with Gasteiger partial charge in [0.15, 0.2) is 0 Å². The molecule has 0 radical (unpaired) electrons. The van der Waals surface area contributed by atoms with E-state index < -0.39 is 0 Å². The van der Waals surface area contributed by atoms with Crippen LogP contribution >= 0.6 is 31.9 Å². The van der Waals surface area contributed by atoms with Crippen molar-refractivity contribution < 1.29 is 4.39 Å². The first-order valence-corrected chi connectivity index (χ1v) is 7.36. The van der Waals surface area contributed by atoms with Gasteiger partial charge in [-0.3, -0.25) is 0 Å². The summed E-state index contributed by atoms with van der Waals surface area (Å²) in [6, 6.07) is 12.4. The molecular weight excluding hydrogens is 375 g/mol. The molecule has 0 aromatic heterocycles. The fourth-order valence-electron chi connectivity index (χ4n) is 1.81. The molecule has 0 saturated heterocycles. The van der Waals surface area contributed by atoms with Gasteiger partial charge in [-0.25, -0.2) is 4.39 Å². The fraction of sp³-hybridized carbons (Fsp3) is 0.143. The lowest BCUT2D eigenvalue weighted by Crippen LogP contribution is -2.21. The van der Waals surface area contributed by atoms with E-state index in [1.165, 1.54) is 6.07 Å². The van der Waals surface area contributed by atoms with Crippen LogP contribution in [0, 0.1) is 5.82 Å². The van der Waals surface area contributed by atoms with E-state index in [1.807, 2.05) is 30.3 Å². The Morgan fingerprint density at radius 1 is 1.16 bits per heavy atom. The summed E-state index contributed by atoms with van der Waals surface area (Å²) in [5.41, 5.74) is 7.20. The maximum Gasteiger partial charge on any atom is 0.129 e. The molecule has 0 aliphatic rings. The standard InChI is InChI=1S/C14H13Br2FN2/c15-9-5-6-10(12(17)7-9)14(8-18)19-13-4-2-1-3-11(13)16/h1-7,14,19H,8,18H2. The number of para-hydroxylation sites is 1. The van der Waals surface area contributed by atoms with E-state index in [4.69, 9.17) is 5.73 Å². The van der Waals surface area contributed by atoms with Gasteiger partial charge < -0.3 is 11.1 Å². The first kappa shape index (κ1) is 14.5. The van der Waals surface area contributed by atoms with Gasteiger partial charge in [0.1, 0.15) is 5.82 Å².